The second-order valence-corrected chi connectivity index (χ2v) is 4.93. The van der Waals surface area contributed by atoms with E-state index in [2.05, 4.69) is 60.7 Å². The van der Waals surface area contributed by atoms with Gasteiger partial charge in [0, 0.05) is 0 Å². The molecule has 1 aromatic rings. The van der Waals surface area contributed by atoms with Gasteiger partial charge in [0.2, 0.25) is 0 Å². The predicted molar refractivity (Wildman–Crippen MR) is 76.9 cm³/mol. The summed E-state index contributed by atoms with van der Waals surface area (Å²) in [5, 5.41) is 0. The van der Waals surface area contributed by atoms with Gasteiger partial charge in [0.15, 0.2) is 0 Å². The van der Waals surface area contributed by atoms with Gasteiger partial charge in [-0.1, -0.05) is 60.7 Å². The Labute approximate surface area is 107 Å². The van der Waals surface area contributed by atoms with Crippen molar-refractivity contribution in [3.8, 4) is 0 Å². The molecule has 86 valence electrons. The van der Waals surface area contributed by atoms with Crippen LogP contribution in [0.1, 0.15) is 24.0 Å². The molecule has 3 aliphatic rings. The fraction of sp³-hybridized carbons (Fsp3) is 0.111. The molecule has 0 saturated carbocycles. The molecule has 0 nitrogen and oxygen atoms in total. The molecule has 1 aromatic carbocycles. The molecular formula is C18H14. The van der Waals surface area contributed by atoms with Gasteiger partial charge in [0.1, 0.15) is 0 Å². The average Bonchev–Trinajstić information content (AvgIpc) is 2.70. The first-order valence-corrected chi connectivity index (χ1v) is 6.54. The van der Waals surface area contributed by atoms with Gasteiger partial charge in [0.05, 0.1) is 0 Å². The van der Waals surface area contributed by atoms with Crippen molar-refractivity contribution in [2.75, 3.05) is 0 Å². The number of benzene rings is 1. The molecule has 0 saturated heterocycles. The van der Waals surface area contributed by atoms with E-state index in [-0.39, 0.29) is 0 Å². The molecule has 0 radical (unpaired) electrons. The summed E-state index contributed by atoms with van der Waals surface area (Å²) in [6, 6.07) is 8.76. The van der Waals surface area contributed by atoms with Gasteiger partial charge in [-0.25, -0.2) is 0 Å². The molecular weight excluding hydrogens is 216 g/mol. The molecule has 0 heteroatoms. The number of fused-ring (bicyclic) bond motifs is 3. The lowest BCUT2D eigenvalue weighted by Crippen LogP contribution is -1.95. The van der Waals surface area contributed by atoms with Crippen molar-refractivity contribution < 1.29 is 0 Å². The quantitative estimate of drug-likeness (QED) is 0.607. The Hall–Kier alpha value is -2.08. The van der Waals surface area contributed by atoms with Gasteiger partial charge >= 0.3 is 0 Å². The molecule has 4 rings (SSSR count). The van der Waals surface area contributed by atoms with Crippen LogP contribution >= 0.6 is 0 Å². The van der Waals surface area contributed by atoms with Crippen LogP contribution in [0.3, 0.4) is 0 Å². The van der Waals surface area contributed by atoms with Gasteiger partial charge < -0.3 is 0 Å². The topological polar surface area (TPSA) is 0 Å². The van der Waals surface area contributed by atoms with Crippen molar-refractivity contribution in [3.63, 3.8) is 0 Å². The van der Waals surface area contributed by atoms with Crippen molar-refractivity contribution in [3.05, 3.63) is 83.0 Å². The number of allylic oxidation sites excluding steroid dienone is 10. The second kappa shape index (κ2) is 3.71. The molecule has 0 N–H and O–H groups in total. The fourth-order valence-electron chi connectivity index (χ4n) is 3.15. The summed E-state index contributed by atoms with van der Waals surface area (Å²) in [6.45, 7) is 0. The Bertz CT molecular complexity index is 676. The minimum absolute atomic E-state index is 1.16. The highest BCUT2D eigenvalue weighted by molar-refractivity contribution is 6.09. The molecule has 3 aliphatic carbocycles. The average molecular weight is 230 g/mol. The maximum atomic E-state index is 2.40. The second-order valence-electron chi connectivity index (χ2n) is 4.93. The van der Waals surface area contributed by atoms with Gasteiger partial charge in [-0.15, -0.1) is 0 Å². The van der Waals surface area contributed by atoms with Crippen LogP contribution in [0, 0.1) is 0 Å². The summed E-state index contributed by atoms with van der Waals surface area (Å²) in [5.74, 6) is 0. The Morgan fingerprint density at radius 1 is 0.833 bits per heavy atom. The van der Waals surface area contributed by atoms with Crippen LogP contribution in [-0.2, 0) is 0 Å². The third-order valence-electron chi connectivity index (χ3n) is 3.91. The molecule has 0 spiro atoms. The SMILES string of the molecule is C1=CC=C2C3=C(C=C1)CCC=C3c1ccccc12. The van der Waals surface area contributed by atoms with E-state index in [4.69, 9.17) is 0 Å². The van der Waals surface area contributed by atoms with Crippen LogP contribution in [0.4, 0.5) is 0 Å². The van der Waals surface area contributed by atoms with Crippen molar-refractivity contribution in [2.45, 2.75) is 12.8 Å². The first-order valence-electron chi connectivity index (χ1n) is 6.54. The van der Waals surface area contributed by atoms with E-state index in [1.54, 1.807) is 0 Å². The Morgan fingerprint density at radius 3 is 2.56 bits per heavy atom. The predicted octanol–water partition coefficient (Wildman–Crippen LogP) is 4.68. The van der Waals surface area contributed by atoms with Crippen LogP contribution in [0.15, 0.2) is 71.9 Å². The van der Waals surface area contributed by atoms with E-state index in [9.17, 15) is 0 Å². The van der Waals surface area contributed by atoms with Gasteiger partial charge in [-0.05, 0) is 46.3 Å². The third kappa shape index (κ3) is 1.26. The normalized spacial score (nSPS) is 19.8. The molecule has 0 fully saturated rings. The minimum atomic E-state index is 1.16. The standard InChI is InChI=1S/C18H14/c1-2-7-13-8-6-12-17-15-10-5-4-9-14(15)16(11-3-1)18(13)17/h1-5,7,9-12H,6,8H2. The Balaban J connectivity index is 2.09. The van der Waals surface area contributed by atoms with Crippen LogP contribution < -0.4 is 0 Å². The van der Waals surface area contributed by atoms with E-state index in [0.717, 1.165) is 12.8 Å². The van der Waals surface area contributed by atoms with Crippen LogP contribution in [0.5, 0.6) is 0 Å². The summed E-state index contributed by atoms with van der Waals surface area (Å²) < 4.78 is 0. The third-order valence-corrected chi connectivity index (χ3v) is 3.91. The first kappa shape index (κ1) is 9.90. The van der Waals surface area contributed by atoms with Crippen LogP contribution in [-0.4, -0.2) is 0 Å². The van der Waals surface area contributed by atoms with E-state index in [0.29, 0.717) is 0 Å². The number of rotatable bonds is 0. The van der Waals surface area contributed by atoms with Crippen LogP contribution in [0.25, 0.3) is 11.1 Å². The number of hydrogen-bond acceptors (Lipinski definition) is 0. The van der Waals surface area contributed by atoms with E-state index >= 15 is 0 Å². The molecule has 0 bridgehead atoms. The summed E-state index contributed by atoms with van der Waals surface area (Å²) >= 11 is 0. The monoisotopic (exact) mass is 230 g/mol. The van der Waals surface area contributed by atoms with Gasteiger partial charge in [0.25, 0.3) is 0 Å². The molecule has 0 atom stereocenters. The maximum Gasteiger partial charge on any atom is -0.00699 e. The maximum absolute atomic E-state index is 2.40. The van der Waals surface area contributed by atoms with E-state index < -0.39 is 0 Å². The molecule has 0 amide bonds. The largest absolute Gasteiger partial charge is 0.0757 e. The lowest BCUT2D eigenvalue weighted by molar-refractivity contribution is 0.988. The molecule has 0 aromatic heterocycles. The van der Waals surface area contributed by atoms with Crippen molar-refractivity contribution in [1.29, 1.82) is 0 Å². The molecule has 0 aliphatic heterocycles. The van der Waals surface area contributed by atoms with E-state index in [1.165, 1.54) is 33.4 Å². The van der Waals surface area contributed by atoms with E-state index in [1.807, 2.05) is 0 Å². The zero-order chi connectivity index (χ0) is 11.9. The first-order chi connectivity index (χ1) is 8.95. The van der Waals surface area contributed by atoms with Crippen molar-refractivity contribution in [2.24, 2.45) is 0 Å². The van der Waals surface area contributed by atoms with Crippen LogP contribution in [0.2, 0.25) is 0 Å². The number of hydrogen-bond donors (Lipinski definition) is 0. The van der Waals surface area contributed by atoms with Gasteiger partial charge in [-0.3, -0.25) is 0 Å². The zero-order valence-electron chi connectivity index (χ0n) is 10.2. The lowest BCUT2D eigenvalue weighted by atomic mass is 9.88. The Morgan fingerprint density at radius 2 is 1.67 bits per heavy atom. The Kier molecular flexibility index (Phi) is 2.04. The zero-order valence-corrected chi connectivity index (χ0v) is 10.2. The summed E-state index contributed by atoms with van der Waals surface area (Å²) in [6.07, 6.45) is 15.7. The highest BCUT2D eigenvalue weighted by atomic mass is 14.3. The summed E-state index contributed by atoms with van der Waals surface area (Å²) in [4.78, 5) is 0. The summed E-state index contributed by atoms with van der Waals surface area (Å²) in [5.41, 5.74) is 8.57. The molecule has 0 unspecified atom stereocenters. The minimum Gasteiger partial charge on any atom is -0.0757 e. The smallest absolute Gasteiger partial charge is 0.00699 e. The lowest BCUT2D eigenvalue weighted by Gasteiger charge is -2.16. The van der Waals surface area contributed by atoms with Crippen molar-refractivity contribution in [1.82, 2.24) is 0 Å². The summed E-state index contributed by atoms with van der Waals surface area (Å²) in [7, 11) is 0. The highest BCUT2D eigenvalue weighted by Gasteiger charge is 2.29. The highest BCUT2D eigenvalue weighted by Crippen LogP contribution is 2.49. The fourth-order valence-corrected chi connectivity index (χ4v) is 3.15. The molecule has 0 heterocycles. The molecule has 18 heavy (non-hydrogen) atoms. The van der Waals surface area contributed by atoms with Crippen molar-refractivity contribution >= 4 is 11.1 Å². The van der Waals surface area contributed by atoms with Gasteiger partial charge in [-0.2, -0.15) is 0 Å².